The summed E-state index contributed by atoms with van der Waals surface area (Å²) in [5.74, 6) is 0.0281. The fourth-order valence-corrected chi connectivity index (χ4v) is 2.82. The van der Waals surface area contributed by atoms with Gasteiger partial charge in [0.15, 0.2) is 18.2 Å². The lowest BCUT2D eigenvalue weighted by Gasteiger charge is -2.06. The summed E-state index contributed by atoms with van der Waals surface area (Å²) in [6, 6.07) is 21.2. The number of H-pyrrole nitrogens is 1. The minimum absolute atomic E-state index is 0.0803. The van der Waals surface area contributed by atoms with Crippen LogP contribution in [0.3, 0.4) is 0 Å². The molecule has 4 aromatic rings. The van der Waals surface area contributed by atoms with Crippen LogP contribution in [0.25, 0.3) is 11.4 Å². The molecule has 0 atom stereocenters. The standard InChI is InChI=1S/C23H17FN4O3/c24-18-10-6-17(7-11-18)22-26-23(28-27-22)25-20(29)14-31-19-12-8-16(9-13-19)21(30)15-4-2-1-3-5-15/h1-13H,14H2,(H2,25,26,27,28,29). The van der Waals surface area contributed by atoms with E-state index in [4.69, 9.17) is 4.74 Å². The molecule has 0 saturated heterocycles. The summed E-state index contributed by atoms with van der Waals surface area (Å²) in [7, 11) is 0. The number of hydrogen-bond donors (Lipinski definition) is 2. The Bertz CT molecular complexity index is 1190. The highest BCUT2D eigenvalue weighted by Gasteiger charge is 2.11. The van der Waals surface area contributed by atoms with E-state index >= 15 is 0 Å². The Morgan fingerprint density at radius 1 is 0.903 bits per heavy atom. The first-order chi connectivity index (χ1) is 15.1. The third-order valence-electron chi connectivity index (χ3n) is 4.38. The maximum Gasteiger partial charge on any atom is 0.264 e. The lowest BCUT2D eigenvalue weighted by Crippen LogP contribution is -2.20. The van der Waals surface area contributed by atoms with Crippen LogP contribution in [0.1, 0.15) is 15.9 Å². The number of ketones is 1. The number of anilines is 1. The van der Waals surface area contributed by atoms with Crippen LogP contribution in [0, 0.1) is 5.82 Å². The van der Waals surface area contributed by atoms with Gasteiger partial charge in [0, 0.05) is 16.7 Å². The molecule has 0 radical (unpaired) electrons. The zero-order chi connectivity index (χ0) is 21.6. The molecule has 2 N–H and O–H groups in total. The maximum atomic E-state index is 13.0. The molecule has 3 aromatic carbocycles. The van der Waals surface area contributed by atoms with Crippen LogP contribution in [-0.2, 0) is 4.79 Å². The third-order valence-corrected chi connectivity index (χ3v) is 4.38. The van der Waals surface area contributed by atoms with Gasteiger partial charge in [0.05, 0.1) is 0 Å². The first-order valence-electron chi connectivity index (χ1n) is 9.39. The molecule has 0 bridgehead atoms. The number of carbonyl (C=O) groups excluding carboxylic acids is 2. The summed E-state index contributed by atoms with van der Waals surface area (Å²) >= 11 is 0. The van der Waals surface area contributed by atoms with Gasteiger partial charge in [-0.2, -0.15) is 4.98 Å². The number of nitrogens with zero attached hydrogens (tertiary/aromatic N) is 2. The van der Waals surface area contributed by atoms with Crippen LogP contribution in [0.4, 0.5) is 10.3 Å². The van der Waals surface area contributed by atoms with E-state index in [1.165, 1.54) is 12.1 Å². The lowest BCUT2D eigenvalue weighted by molar-refractivity contribution is -0.118. The molecular weight excluding hydrogens is 399 g/mol. The van der Waals surface area contributed by atoms with Crippen molar-refractivity contribution in [2.24, 2.45) is 0 Å². The molecule has 0 aliphatic carbocycles. The van der Waals surface area contributed by atoms with Crippen LogP contribution in [0.5, 0.6) is 5.75 Å². The largest absolute Gasteiger partial charge is 0.484 e. The van der Waals surface area contributed by atoms with E-state index in [0.717, 1.165) is 0 Å². The second kappa shape index (κ2) is 9.00. The van der Waals surface area contributed by atoms with E-state index in [-0.39, 0.29) is 24.2 Å². The predicted molar refractivity (Wildman–Crippen MR) is 112 cm³/mol. The van der Waals surface area contributed by atoms with Crippen LogP contribution in [-0.4, -0.2) is 33.5 Å². The van der Waals surface area contributed by atoms with Crippen molar-refractivity contribution in [3.8, 4) is 17.1 Å². The Hall–Kier alpha value is -4.33. The van der Waals surface area contributed by atoms with Crippen molar-refractivity contribution in [2.75, 3.05) is 11.9 Å². The zero-order valence-corrected chi connectivity index (χ0v) is 16.2. The summed E-state index contributed by atoms with van der Waals surface area (Å²) in [6.45, 7) is -0.258. The molecule has 1 aromatic heterocycles. The number of ether oxygens (including phenoxy) is 1. The minimum Gasteiger partial charge on any atom is -0.484 e. The predicted octanol–water partition coefficient (Wildman–Crippen LogP) is 3.86. The maximum absolute atomic E-state index is 13.0. The Morgan fingerprint density at radius 2 is 1.58 bits per heavy atom. The van der Waals surface area contributed by atoms with Gasteiger partial charge in [-0.05, 0) is 48.5 Å². The van der Waals surface area contributed by atoms with Crippen LogP contribution in [0.2, 0.25) is 0 Å². The smallest absolute Gasteiger partial charge is 0.264 e. The van der Waals surface area contributed by atoms with Gasteiger partial charge in [-0.25, -0.2) is 4.39 Å². The molecule has 1 amide bonds. The molecule has 154 valence electrons. The number of aromatic amines is 1. The van der Waals surface area contributed by atoms with Crippen molar-refractivity contribution < 1.29 is 18.7 Å². The SMILES string of the molecule is O=C(COc1ccc(C(=O)c2ccccc2)cc1)Nc1n[nH]c(-c2ccc(F)cc2)n1. The average Bonchev–Trinajstić information content (AvgIpc) is 3.27. The van der Waals surface area contributed by atoms with Crippen molar-refractivity contribution in [3.05, 3.63) is 95.8 Å². The minimum atomic E-state index is -0.450. The van der Waals surface area contributed by atoms with Gasteiger partial charge in [0.1, 0.15) is 11.6 Å². The topological polar surface area (TPSA) is 97.0 Å². The van der Waals surface area contributed by atoms with E-state index in [0.29, 0.717) is 28.3 Å². The first kappa shape index (κ1) is 20.0. The Kier molecular flexibility index (Phi) is 5.79. The number of carbonyl (C=O) groups is 2. The number of nitrogens with one attached hydrogen (secondary N) is 2. The highest BCUT2D eigenvalue weighted by atomic mass is 19.1. The quantitative estimate of drug-likeness (QED) is 0.446. The molecule has 7 nitrogen and oxygen atoms in total. The molecule has 31 heavy (non-hydrogen) atoms. The van der Waals surface area contributed by atoms with Crippen LogP contribution >= 0.6 is 0 Å². The van der Waals surface area contributed by atoms with Gasteiger partial charge in [-0.1, -0.05) is 30.3 Å². The highest BCUT2D eigenvalue weighted by Crippen LogP contribution is 2.17. The number of aromatic nitrogens is 3. The van der Waals surface area contributed by atoms with Crippen molar-refractivity contribution >= 4 is 17.6 Å². The Labute approximate surface area is 176 Å². The summed E-state index contributed by atoms with van der Waals surface area (Å²) in [5, 5.41) is 9.11. The van der Waals surface area contributed by atoms with Crippen molar-refractivity contribution in [3.63, 3.8) is 0 Å². The number of hydrogen-bond acceptors (Lipinski definition) is 5. The second-order valence-corrected chi connectivity index (χ2v) is 6.57. The monoisotopic (exact) mass is 416 g/mol. The first-order valence-corrected chi connectivity index (χ1v) is 9.39. The van der Waals surface area contributed by atoms with E-state index in [9.17, 15) is 14.0 Å². The summed E-state index contributed by atoms with van der Waals surface area (Å²) in [4.78, 5) is 28.7. The van der Waals surface area contributed by atoms with E-state index in [1.807, 2.05) is 6.07 Å². The third kappa shape index (κ3) is 4.99. The molecule has 0 fully saturated rings. The highest BCUT2D eigenvalue weighted by molar-refractivity contribution is 6.09. The molecule has 0 saturated carbocycles. The van der Waals surface area contributed by atoms with Gasteiger partial charge in [0.2, 0.25) is 5.95 Å². The number of amides is 1. The lowest BCUT2D eigenvalue weighted by atomic mass is 10.0. The summed E-state index contributed by atoms with van der Waals surface area (Å²) < 4.78 is 18.5. The van der Waals surface area contributed by atoms with Gasteiger partial charge in [0.25, 0.3) is 5.91 Å². The van der Waals surface area contributed by atoms with E-state index < -0.39 is 5.91 Å². The summed E-state index contributed by atoms with van der Waals surface area (Å²) in [5.41, 5.74) is 1.76. The van der Waals surface area contributed by atoms with Gasteiger partial charge < -0.3 is 4.74 Å². The van der Waals surface area contributed by atoms with Crippen molar-refractivity contribution in [2.45, 2.75) is 0 Å². The Balaban J connectivity index is 1.31. The van der Waals surface area contributed by atoms with E-state index in [2.05, 4.69) is 20.5 Å². The molecule has 1 heterocycles. The molecular formula is C23H17FN4O3. The van der Waals surface area contributed by atoms with Crippen LogP contribution < -0.4 is 10.1 Å². The zero-order valence-electron chi connectivity index (χ0n) is 16.2. The number of halogens is 1. The van der Waals surface area contributed by atoms with E-state index in [1.54, 1.807) is 60.7 Å². The molecule has 0 aliphatic rings. The van der Waals surface area contributed by atoms with Crippen molar-refractivity contribution in [1.29, 1.82) is 0 Å². The molecule has 4 rings (SSSR count). The molecule has 0 spiro atoms. The number of rotatable bonds is 7. The molecule has 8 heteroatoms. The van der Waals surface area contributed by atoms with Gasteiger partial charge >= 0.3 is 0 Å². The van der Waals surface area contributed by atoms with Gasteiger partial charge in [-0.3, -0.25) is 20.0 Å². The Morgan fingerprint density at radius 3 is 2.29 bits per heavy atom. The normalized spacial score (nSPS) is 10.5. The van der Waals surface area contributed by atoms with Crippen LogP contribution in [0.15, 0.2) is 78.9 Å². The fraction of sp³-hybridized carbons (Fsp3) is 0.0435. The fourth-order valence-electron chi connectivity index (χ4n) is 2.82. The average molecular weight is 416 g/mol. The van der Waals surface area contributed by atoms with Gasteiger partial charge in [-0.15, -0.1) is 5.10 Å². The second-order valence-electron chi connectivity index (χ2n) is 6.57. The molecule has 0 aliphatic heterocycles. The number of benzene rings is 3. The van der Waals surface area contributed by atoms with Crippen molar-refractivity contribution in [1.82, 2.24) is 15.2 Å². The summed E-state index contributed by atoms with van der Waals surface area (Å²) in [6.07, 6.45) is 0. The molecule has 0 unspecified atom stereocenters.